The van der Waals surface area contributed by atoms with Gasteiger partial charge in [-0.15, -0.1) is 0 Å². The first-order chi connectivity index (χ1) is 8.66. The summed E-state index contributed by atoms with van der Waals surface area (Å²) in [6, 6.07) is 9.95. The van der Waals surface area contributed by atoms with Gasteiger partial charge in [0.1, 0.15) is 5.69 Å². The molecule has 1 aromatic heterocycles. The number of aromatic nitrogens is 1. The molecule has 0 saturated carbocycles. The average molecular weight is 308 g/mol. The summed E-state index contributed by atoms with van der Waals surface area (Å²) in [6.45, 7) is 0. The summed E-state index contributed by atoms with van der Waals surface area (Å²) in [6.07, 6.45) is 1.44. The number of halogens is 1. The summed E-state index contributed by atoms with van der Waals surface area (Å²) in [5.41, 5.74) is 0.889. The smallest absolute Gasteiger partial charge is 0.323 e. The molecule has 2 rings (SSSR count). The van der Waals surface area contributed by atoms with Crippen LogP contribution < -0.4 is 10.6 Å². The van der Waals surface area contributed by atoms with Crippen LogP contribution in [0.4, 0.5) is 16.2 Å². The number of pyridine rings is 1. The van der Waals surface area contributed by atoms with Gasteiger partial charge in [-0.2, -0.15) is 0 Å². The number of carbonyl (C=O) groups excluding carboxylic acids is 1. The maximum Gasteiger partial charge on any atom is 0.323 e. The molecule has 0 bridgehead atoms. The molecule has 6 heteroatoms. The third-order valence-corrected chi connectivity index (χ3v) is 2.85. The van der Waals surface area contributed by atoms with Crippen LogP contribution in [-0.2, 0) is 0 Å². The molecule has 3 N–H and O–H groups in total. The number of urea groups is 1. The summed E-state index contributed by atoms with van der Waals surface area (Å²) >= 11 is 3.32. The molecule has 0 atom stereocenters. The van der Waals surface area contributed by atoms with Crippen molar-refractivity contribution in [3.05, 3.63) is 47.1 Å². The highest BCUT2D eigenvalue weighted by Gasteiger charge is 2.07. The summed E-state index contributed by atoms with van der Waals surface area (Å²) in [5.74, 6) is -0.222. The lowest BCUT2D eigenvalue weighted by atomic mass is 10.3. The second-order valence-corrected chi connectivity index (χ2v) is 4.29. The van der Waals surface area contributed by atoms with Gasteiger partial charge in [-0.1, -0.05) is 12.1 Å². The van der Waals surface area contributed by atoms with Crippen molar-refractivity contribution in [2.45, 2.75) is 0 Å². The van der Waals surface area contributed by atoms with Crippen LogP contribution in [0.1, 0.15) is 0 Å². The highest BCUT2D eigenvalue weighted by Crippen LogP contribution is 2.22. The van der Waals surface area contributed by atoms with Crippen molar-refractivity contribution in [1.29, 1.82) is 0 Å². The number of nitrogens with one attached hydrogen (secondary N) is 2. The highest BCUT2D eigenvalue weighted by molar-refractivity contribution is 9.10. The van der Waals surface area contributed by atoms with Crippen LogP contribution >= 0.6 is 15.9 Å². The van der Waals surface area contributed by atoms with Crippen LogP contribution in [-0.4, -0.2) is 16.1 Å². The molecule has 0 fully saturated rings. The maximum absolute atomic E-state index is 11.7. The molecule has 2 amide bonds. The Hall–Kier alpha value is -2.08. The first-order valence-electron chi connectivity index (χ1n) is 5.13. The number of carbonyl (C=O) groups is 1. The van der Waals surface area contributed by atoms with Gasteiger partial charge >= 0.3 is 6.03 Å². The molecule has 1 heterocycles. The zero-order chi connectivity index (χ0) is 13.0. The quantitative estimate of drug-likeness (QED) is 0.797. The van der Waals surface area contributed by atoms with Crippen LogP contribution in [0, 0.1) is 0 Å². The van der Waals surface area contributed by atoms with E-state index in [2.05, 4.69) is 31.5 Å². The Kier molecular flexibility index (Phi) is 3.78. The van der Waals surface area contributed by atoms with E-state index in [4.69, 9.17) is 0 Å². The van der Waals surface area contributed by atoms with Gasteiger partial charge in [-0.25, -0.2) is 9.78 Å². The Bertz CT molecular complexity index is 525. The van der Waals surface area contributed by atoms with E-state index in [0.29, 0.717) is 5.69 Å². The average Bonchev–Trinajstić information content (AvgIpc) is 2.35. The third kappa shape index (κ3) is 2.98. The van der Waals surface area contributed by atoms with Gasteiger partial charge in [-0.3, -0.25) is 0 Å². The number of rotatable bonds is 2. The van der Waals surface area contributed by atoms with E-state index in [1.165, 1.54) is 6.20 Å². The molecule has 92 valence electrons. The molecule has 0 radical (unpaired) electrons. The Morgan fingerprint density at radius 2 is 1.78 bits per heavy atom. The number of anilines is 2. The molecular formula is C12H10BrN3O2. The fourth-order valence-corrected chi connectivity index (χ4v) is 1.72. The number of nitrogens with zero attached hydrogens (tertiary/aromatic N) is 1. The van der Waals surface area contributed by atoms with E-state index < -0.39 is 6.03 Å². The molecule has 0 unspecified atom stereocenters. The number of amides is 2. The molecule has 2 aromatic rings. The molecule has 0 spiro atoms. The molecule has 1 aromatic carbocycles. The summed E-state index contributed by atoms with van der Waals surface area (Å²) in [4.78, 5) is 15.4. The molecular weight excluding hydrogens is 298 g/mol. The van der Waals surface area contributed by atoms with E-state index >= 15 is 0 Å². The first kappa shape index (κ1) is 12.4. The minimum atomic E-state index is -0.454. The van der Waals surface area contributed by atoms with E-state index in [-0.39, 0.29) is 11.6 Å². The summed E-state index contributed by atoms with van der Waals surface area (Å²) < 4.78 is 0.774. The Morgan fingerprint density at radius 3 is 2.50 bits per heavy atom. The monoisotopic (exact) mass is 307 g/mol. The van der Waals surface area contributed by atoms with Crippen molar-refractivity contribution in [2.24, 2.45) is 0 Å². The van der Waals surface area contributed by atoms with Crippen molar-refractivity contribution in [2.75, 3.05) is 10.6 Å². The highest BCUT2D eigenvalue weighted by atomic mass is 79.9. The predicted octanol–water partition coefficient (Wildman–Crippen LogP) is 3.19. The number of para-hydroxylation sites is 1. The van der Waals surface area contributed by atoms with Crippen molar-refractivity contribution in [1.82, 2.24) is 4.98 Å². The molecule has 0 aliphatic carbocycles. The molecule has 5 nitrogen and oxygen atoms in total. The predicted molar refractivity (Wildman–Crippen MR) is 72.7 cm³/mol. The molecule has 0 aliphatic heterocycles. The van der Waals surface area contributed by atoms with Gasteiger partial charge in [0.15, 0.2) is 0 Å². The van der Waals surface area contributed by atoms with Crippen LogP contribution in [0.3, 0.4) is 0 Å². The summed E-state index contributed by atoms with van der Waals surface area (Å²) in [7, 11) is 0. The lowest BCUT2D eigenvalue weighted by Crippen LogP contribution is -2.19. The minimum absolute atomic E-state index is 0.222. The number of hydrogen-bond donors (Lipinski definition) is 3. The number of aromatic hydroxyl groups is 1. The van der Waals surface area contributed by atoms with Crippen LogP contribution in [0.15, 0.2) is 47.1 Å². The van der Waals surface area contributed by atoms with Gasteiger partial charge in [0.2, 0.25) is 5.88 Å². The Morgan fingerprint density at radius 1 is 1.11 bits per heavy atom. The topological polar surface area (TPSA) is 74.2 Å². The van der Waals surface area contributed by atoms with Crippen LogP contribution in [0.2, 0.25) is 0 Å². The first-order valence-corrected chi connectivity index (χ1v) is 5.92. The molecule has 0 saturated heterocycles. The lowest BCUT2D eigenvalue weighted by molar-refractivity contribution is 0.262. The Balaban J connectivity index is 2.06. The second kappa shape index (κ2) is 5.50. The van der Waals surface area contributed by atoms with Crippen LogP contribution in [0.5, 0.6) is 5.88 Å². The van der Waals surface area contributed by atoms with Gasteiger partial charge in [0, 0.05) is 10.7 Å². The van der Waals surface area contributed by atoms with E-state index in [0.717, 1.165) is 4.47 Å². The number of hydrogen-bond acceptors (Lipinski definition) is 3. The maximum atomic E-state index is 11.7. The fourth-order valence-electron chi connectivity index (χ4n) is 1.33. The largest absolute Gasteiger partial charge is 0.492 e. The minimum Gasteiger partial charge on any atom is -0.492 e. The van der Waals surface area contributed by atoms with Crippen molar-refractivity contribution in [3.8, 4) is 5.88 Å². The molecule has 18 heavy (non-hydrogen) atoms. The lowest BCUT2D eigenvalue weighted by Gasteiger charge is -2.09. The third-order valence-electron chi connectivity index (χ3n) is 2.16. The normalized spacial score (nSPS) is 9.83. The zero-order valence-electron chi connectivity index (χ0n) is 9.22. The van der Waals surface area contributed by atoms with Gasteiger partial charge in [-0.05, 0) is 40.2 Å². The van der Waals surface area contributed by atoms with Crippen LogP contribution in [0.25, 0.3) is 0 Å². The van der Waals surface area contributed by atoms with E-state index in [9.17, 15) is 9.90 Å². The van der Waals surface area contributed by atoms with E-state index in [1.54, 1.807) is 18.2 Å². The SMILES string of the molecule is O=C(Nc1ccccc1Br)Nc1cccnc1O. The fraction of sp³-hybridized carbons (Fsp3) is 0. The Labute approximate surface area is 112 Å². The van der Waals surface area contributed by atoms with Crippen molar-refractivity contribution in [3.63, 3.8) is 0 Å². The molecule has 0 aliphatic rings. The van der Waals surface area contributed by atoms with Crippen molar-refractivity contribution >= 4 is 33.3 Å². The number of benzene rings is 1. The van der Waals surface area contributed by atoms with Gasteiger partial charge in [0.25, 0.3) is 0 Å². The van der Waals surface area contributed by atoms with Crippen molar-refractivity contribution < 1.29 is 9.90 Å². The van der Waals surface area contributed by atoms with Gasteiger partial charge in [0.05, 0.1) is 5.69 Å². The van der Waals surface area contributed by atoms with Gasteiger partial charge < -0.3 is 15.7 Å². The van der Waals surface area contributed by atoms with E-state index in [1.807, 2.05) is 18.2 Å². The zero-order valence-corrected chi connectivity index (χ0v) is 10.8. The summed E-state index contributed by atoms with van der Waals surface area (Å²) in [5, 5.41) is 14.6. The second-order valence-electron chi connectivity index (χ2n) is 3.43. The standard InChI is InChI=1S/C12H10BrN3O2/c13-8-4-1-2-5-9(8)15-12(18)16-10-6-3-7-14-11(10)17/h1-7H,(H,14,17)(H2,15,16,18).